The lowest BCUT2D eigenvalue weighted by molar-refractivity contribution is -0.105. The van der Waals surface area contributed by atoms with Crippen molar-refractivity contribution >= 4 is 17.8 Å². The van der Waals surface area contributed by atoms with E-state index in [1.807, 2.05) is 32.9 Å². The van der Waals surface area contributed by atoms with Crippen molar-refractivity contribution in [2.75, 3.05) is 58.9 Å². The number of nitrogens with zero attached hydrogens (tertiary/aromatic N) is 4. The van der Waals surface area contributed by atoms with Gasteiger partial charge in [0.05, 0.1) is 44.0 Å². The number of benzene rings is 1. The van der Waals surface area contributed by atoms with Crippen molar-refractivity contribution in [2.45, 2.75) is 34.1 Å². The van der Waals surface area contributed by atoms with E-state index in [-0.39, 0.29) is 0 Å². The number of aromatic nitrogens is 2. The van der Waals surface area contributed by atoms with Gasteiger partial charge in [-0.1, -0.05) is 6.92 Å². The molecule has 10 heteroatoms. The van der Waals surface area contributed by atoms with E-state index in [0.29, 0.717) is 48.3 Å². The van der Waals surface area contributed by atoms with Crippen LogP contribution in [0.4, 0.5) is 5.69 Å². The number of aliphatic imine (C=N–C) groups is 1. The summed E-state index contributed by atoms with van der Waals surface area (Å²) in [6, 6.07) is 5.75. The van der Waals surface area contributed by atoms with E-state index in [0.717, 1.165) is 48.7 Å². The number of allylic oxidation sites excluding steroid dienone is 2. The molecule has 0 saturated carbocycles. The smallest absolute Gasteiger partial charge is 0.316 e. The first kappa shape index (κ1) is 29.7. The van der Waals surface area contributed by atoms with Crippen LogP contribution in [0.15, 0.2) is 40.7 Å². The van der Waals surface area contributed by atoms with Crippen LogP contribution in [-0.4, -0.2) is 80.6 Å². The first-order chi connectivity index (χ1) is 17.9. The molecule has 0 unspecified atom stereocenters. The van der Waals surface area contributed by atoms with Crippen LogP contribution >= 0.6 is 0 Å². The summed E-state index contributed by atoms with van der Waals surface area (Å²) in [5.41, 5.74) is 11.5. The lowest BCUT2D eigenvalue weighted by Crippen LogP contribution is -2.35. The number of nitrogens with two attached hydrogens (primary N) is 1. The molecule has 3 rings (SSSR count). The molecule has 10 nitrogen and oxygen atoms in total. The number of morpholine rings is 1. The number of methoxy groups -OCH3 is 1. The van der Waals surface area contributed by atoms with Crippen molar-refractivity contribution in [3.05, 3.63) is 52.5 Å². The average molecular weight is 513 g/mol. The van der Waals surface area contributed by atoms with E-state index < -0.39 is 0 Å². The van der Waals surface area contributed by atoms with E-state index in [1.165, 1.54) is 13.7 Å². The Morgan fingerprint density at radius 1 is 1.30 bits per heavy atom. The topological polar surface area (TPSA) is 124 Å². The molecular formula is C27H40N6O4. The summed E-state index contributed by atoms with van der Waals surface area (Å²) in [5, 5.41) is 2.72. The Morgan fingerprint density at radius 2 is 2.03 bits per heavy atom. The third-order valence-electron chi connectivity index (χ3n) is 5.98. The van der Waals surface area contributed by atoms with Crippen LogP contribution in [0, 0.1) is 6.92 Å². The summed E-state index contributed by atoms with van der Waals surface area (Å²) in [6.07, 6.45) is 2.75. The van der Waals surface area contributed by atoms with Crippen LogP contribution < -0.4 is 20.5 Å². The molecule has 1 aliphatic rings. The lowest BCUT2D eigenvalue weighted by atomic mass is 9.98. The van der Waals surface area contributed by atoms with Crippen molar-refractivity contribution in [1.82, 2.24) is 14.9 Å². The normalized spacial score (nSPS) is 14.7. The molecule has 2 aromatic rings. The number of anilines is 1. The molecule has 0 aliphatic carbocycles. The van der Waals surface area contributed by atoms with Crippen LogP contribution in [0.5, 0.6) is 11.8 Å². The maximum atomic E-state index is 11.1. The Morgan fingerprint density at radius 3 is 2.59 bits per heavy atom. The molecular weight excluding hydrogens is 472 g/mol. The highest BCUT2D eigenvalue weighted by molar-refractivity contribution is 6.16. The fraction of sp³-hybridized carbons (Fsp3) is 0.481. The maximum absolute atomic E-state index is 11.1. The van der Waals surface area contributed by atoms with Gasteiger partial charge in [-0.3, -0.25) is 14.7 Å². The molecule has 1 aromatic carbocycles. The van der Waals surface area contributed by atoms with Gasteiger partial charge in [0, 0.05) is 50.1 Å². The minimum atomic E-state index is 0.296. The fourth-order valence-electron chi connectivity index (χ4n) is 3.78. The summed E-state index contributed by atoms with van der Waals surface area (Å²) in [6.45, 7) is 13.7. The number of nitrogens with one attached hydrogen (secondary N) is 1. The number of carbonyl (C=O) groups is 1. The molecule has 202 valence electrons. The summed E-state index contributed by atoms with van der Waals surface area (Å²) in [7, 11) is 3.21. The van der Waals surface area contributed by atoms with Crippen LogP contribution in [0.25, 0.3) is 0 Å². The number of ether oxygens (including phenoxy) is 3. The summed E-state index contributed by atoms with van der Waals surface area (Å²) >= 11 is 0. The van der Waals surface area contributed by atoms with Crippen molar-refractivity contribution in [3.8, 4) is 11.8 Å². The zero-order chi connectivity index (χ0) is 27.2. The molecule has 0 radical (unpaired) electrons. The third-order valence-corrected chi connectivity index (χ3v) is 5.98. The monoisotopic (exact) mass is 512 g/mol. The SMILES string of the molecule is CCN1CCOCC1.CCOc1ccc(C(=NC)/C(C)=C(/N)Cc2nc(OC)ncc2C)c(NC=O)c1. The van der Waals surface area contributed by atoms with E-state index >= 15 is 0 Å². The minimum Gasteiger partial charge on any atom is -0.494 e. The van der Waals surface area contributed by atoms with Gasteiger partial charge in [-0.05, 0) is 50.6 Å². The largest absolute Gasteiger partial charge is 0.494 e. The Balaban J connectivity index is 0.000000510. The highest BCUT2D eigenvalue weighted by Crippen LogP contribution is 2.26. The van der Waals surface area contributed by atoms with Crippen LogP contribution in [0.1, 0.15) is 37.6 Å². The molecule has 1 aromatic heterocycles. The zero-order valence-corrected chi connectivity index (χ0v) is 22.8. The Hall–Kier alpha value is -3.50. The van der Waals surface area contributed by atoms with Crippen LogP contribution in [0.3, 0.4) is 0 Å². The van der Waals surface area contributed by atoms with Crippen molar-refractivity contribution in [2.24, 2.45) is 10.7 Å². The lowest BCUT2D eigenvalue weighted by Gasteiger charge is -2.24. The minimum absolute atomic E-state index is 0.296. The van der Waals surface area contributed by atoms with E-state index in [2.05, 4.69) is 32.1 Å². The second-order valence-electron chi connectivity index (χ2n) is 8.33. The van der Waals surface area contributed by atoms with Crippen molar-refractivity contribution in [3.63, 3.8) is 0 Å². The summed E-state index contributed by atoms with van der Waals surface area (Å²) in [4.78, 5) is 26.4. The molecule has 0 bridgehead atoms. The van der Waals surface area contributed by atoms with E-state index in [4.69, 9.17) is 19.9 Å². The molecule has 2 heterocycles. The average Bonchev–Trinajstić information content (AvgIpc) is 2.92. The Kier molecular flexibility index (Phi) is 12.5. The number of aryl methyl sites for hydroxylation is 1. The van der Waals surface area contributed by atoms with E-state index in [9.17, 15) is 4.79 Å². The molecule has 1 fully saturated rings. The quantitative estimate of drug-likeness (QED) is 0.368. The van der Waals surface area contributed by atoms with Gasteiger partial charge in [0.15, 0.2) is 0 Å². The Labute approximate surface area is 219 Å². The molecule has 3 N–H and O–H groups in total. The molecule has 37 heavy (non-hydrogen) atoms. The summed E-state index contributed by atoms with van der Waals surface area (Å²) < 4.78 is 15.8. The maximum Gasteiger partial charge on any atom is 0.316 e. The Bertz CT molecular complexity index is 1080. The first-order valence-electron chi connectivity index (χ1n) is 12.4. The summed E-state index contributed by atoms with van der Waals surface area (Å²) in [5.74, 6) is 0.661. The van der Waals surface area contributed by atoms with Crippen LogP contribution in [-0.2, 0) is 16.0 Å². The fourth-order valence-corrected chi connectivity index (χ4v) is 3.78. The number of likely N-dealkylation sites (N-methyl/N-ethyl adjacent to an activating group) is 1. The third kappa shape index (κ3) is 8.83. The number of amides is 1. The van der Waals surface area contributed by atoms with Gasteiger partial charge in [-0.25, -0.2) is 4.98 Å². The number of hydrogen-bond donors (Lipinski definition) is 2. The first-order valence-corrected chi connectivity index (χ1v) is 12.4. The van der Waals surface area contributed by atoms with Gasteiger partial charge >= 0.3 is 6.01 Å². The van der Waals surface area contributed by atoms with Crippen LogP contribution in [0.2, 0.25) is 0 Å². The predicted octanol–water partition coefficient (Wildman–Crippen LogP) is 2.99. The zero-order valence-electron chi connectivity index (χ0n) is 22.8. The molecule has 1 aliphatic heterocycles. The number of carbonyl (C=O) groups excluding carboxylic acids is 1. The van der Waals surface area contributed by atoms with Gasteiger partial charge in [-0.15, -0.1) is 0 Å². The van der Waals surface area contributed by atoms with E-state index in [1.54, 1.807) is 19.3 Å². The second kappa shape index (κ2) is 15.6. The second-order valence-corrected chi connectivity index (χ2v) is 8.33. The van der Waals surface area contributed by atoms with Crippen molar-refractivity contribution < 1.29 is 19.0 Å². The van der Waals surface area contributed by atoms with Crippen molar-refractivity contribution in [1.29, 1.82) is 0 Å². The number of hydrogen-bond acceptors (Lipinski definition) is 9. The number of rotatable bonds is 10. The van der Waals surface area contributed by atoms with Gasteiger partial charge in [0.2, 0.25) is 6.41 Å². The highest BCUT2D eigenvalue weighted by Gasteiger charge is 2.16. The molecule has 0 atom stereocenters. The van der Waals surface area contributed by atoms with Gasteiger partial charge in [-0.2, -0.15) is 4.98 Å². The predicted molar refractivity (Wildman–Crippen MR) is 147 cm³/mol. The highest BCUT2D eigenvalue weighted by atomic mass is 16.5. The molecule has 0 spiro atoms. The molecule has 1 amide bonds. The molecule has 1 saturated heterocycles. The standard InChI is InChI=1S/C21H27N5O3.C6H13NO/c1-6-29-15-7-8-16(19(9-15)25-12-27)20(23-4)14(3)17(22)10-18-13(2)11-24-21(26-18)28-5;1-2-7-3-5-8-6-4-7/h7-9,11-12H,6,10,22H2,1-5H3,(H,25,27);2-6H2,1H3/b17-14+,23-20?;. The van der Waals surface area contributed by atoms with Gasteiger partial charge in [0.1, 0.15) is 5.75 Å². The van der Waals surface area contributed by atoms with Gasteiger partial charge < -0.3 is 25.3 Å². The van der Waals surface area contributed by atoms with Gasteiger partial charge in [0.25, 0.3) is 0 Å².